The summed E-state index contributed by atoms with van der Waals surface area (Å²) in [6, 6.07) is 0. The monoisotopic (exact) mass is 212 g/mol. The van der Waals surface area contributed by atoms with Gasteiger partial charge in [-0.05, 0) is 51.6 Å². The first kappa shape index (κ1) is 13.0. The molecule has 1 aliphatic rings. The zero-order valence-corrected chi connectivity index (χ0v) is 10.8. The third-order valence-electron chi connectivity index (χ3n) is 3.52. The van der Waals surface area contributed by atoms with Crippen molar-refractivity contribution in [3.8, 4) is 0 Å². The molecule has 0 aromatic rings. The van der Waals surface area contributed by atoms with Crippen molar-refractivity contribution < 1.29 is 0 Å². The Morgan fingerprint density at radius 1 is 1.33 bits per heavy atom. The van der Waals surface area contributed by atoms with Crippen molar-refractivity contribution in [3.05, 3.63) is 0 Å². The molecule has 90 valence electrons. The third kappa shape index (κ3) is 4.98. The first-order chi connectivity index (χ1) is 7.03. The lowest BCUT2D eigenvalue weighted by Gasteiger charge is -2.31. The second kappa shape index (κ2) is 5.86. The fraction of sp³-hybridized carbons (Fsp3) is 1.00. The van der Waals surface area contributed by atoms with Crippen LogP contribution in [0.1, 0.15) is 52.9 Å². The molecule has 0 spiro atoms. The fourth-order valence-corrected chi connectivity index (χ4v) is 2.64. The molecule has 2 unspecified atom stereocenters. The predicted octanol–water partition coefficient (Wildman–Crippen LogP) is 2.63. The maximum absolute atomic E-state index is 6.30. The Kier molecular flexibility index (Phi) is 5.07. The highest BCUT2D eigenvalue weighted by Gasteiger charge is 2.22. The molecule has 2 heteroatoms. The molecule has 1 heterocycles. The van der Waals surface area contributed by atoms with Gasteiger partial charge in [-0.25, -0.2) is 0 Å². The SMILES string of the molecule is CCCC(C)(N)CN1CCCC(C)CC1. The molecular weight excluding hydrogens is 184 g/mol. The normalized spacial score (nSPS) is 28.4. The number of nitrogens with two attached hydrogens (primary N) is 1. The van der Waals surface area contributed by atoms with Crippen LogP contribution in [0.3, 0.4) is 0 Å². The topological polar surface area (TPSA) is 29.3 Å². The molecule has 2 nitrogen and oxygen atoms in total. The van der Waals surface area contributed by atoms with E-state index in [9.17, 15) is 0 Å². The highest BCUT2D eigenvalue weighted by molar-refractivity contribution is 4.83. The van der Waals surface area contributed by atoms with Crippen LogP contribution in [0, 0.1) is 5.92 Å². The quantitative estimate of drug-likeness (QED) is 0.776. The molecule has 2 N–H and O–H groups in total. The average Bonchev–Trinajstić information content (AvgIpc) is 2.30. The standard InChI is InChI=1S/C13H28N2/c1-4-8-13(3,14)11-15-9-5-6-12(2)7-10-15/h12H,4-11,14H2,1-3H3. The van der Waals surface area contributed by atoms with Crippen LogP contribution in [0.2, 0.25) is 0 Å². The Hall–Kier alpha value is -0.0800. The van der Waals surface area contributed by atoms with Gasteiger partial charge in [0, 0.05) is 12.1 Å². The molecule has 0 radical (unpaired) electrons. The minimum Gasteiger partial charge on any atom is -0.324 e. The third-order valence-corrected chi connectivity index (χ3v) is 3.52. The zero-order valence-electron chi connectivity index (χ0n) is 10.8. The molecular formula is C13H28N2. The van der Waals surface area contributed by atoms with Gasteiger partial charge in [-0.3, -0.25) is 0 Å². The molecule has 0 saturated carbocycles. The van der Waals surface area contributed by atoms with Crippen molar-refractivity contribution in [2.24, 2.45) is 11.7 Å². The molecule has 2 atom stereocenters. The van der Waals surface area contributed by atoms with E-state index in [1.54, 1.807) is 0 Å². The molecule has 1 fully saturated rings. The van der Waals surface area contributed by atoms with Gasteiger partial charge < -0.3 is 10.6 Å². The van der Waals surface area contributed by atoms with E-state index in [-0.39, 0.29) is 5.54 Å². The highest BCUT2D eigenvalue weighted by Crippen LogP contribution is 2.19. The molecule has 15 heavy (non-hydrogen) atoms. The maximum atomic E-state index is 6.30. The molecule has 1 rings (SSSR count). The van der Waals surface area contributed by atoms with Gasteiger partial charge in [0.1, 0.15) is 0 Å². The highest BCUT2D eigenvalue weighted by atomic mass is 15.1. The van der Waals surface area contributed by atoms with Gasteiger partial charge >= 0.3 is 0 Å². The summed E-state index contributed by atoms with van der Waals surface area (Å²) in [5, 5.41) is 0. The largest absolute Gasteiger partial charge is 0.324 e. The predicted molar refractivity (Wildman–Crippen MR) is 67.0 cm³/mol. The number of hydrogen-bond donors (Lipinski definition) is 1. The molecule has 1 aliphatic heterocycles. The first-order valence-electron chi connectivity index (χ1n) is 6.55. The van der Waals surface area contributed by atoms with E-state index in [0.29, 0.717) is 0 Å². The average molecular weight is 212 g/mol. The van der Waals surface area contributed by atoms with E-state index in [1.165, 1.54) is 38.8 Å². The van der Waals surface area contributed by atoms with Gasteiger partial charge in [0.15, 0.2) is 0 Å². The summed E-state index contributed by atoms with van der Waals surface area (Å²) in [6.07, 6.45) is 6.42. The molecule has 0 aliphatic carbocycles. The van der Waals surface area contributed by atoms with Crippen LogP contribution in [-0.4, -0.2) is 30.1 Å². The summed E-state index contributed by atoms with van der Waals surface area (Å²) in [7, 11) is 0. The van der Waals surface area contributed by atoms with Crippen LogP contribution in [0.5, 0.6) is 0 Å². The van der Waals surface area contributed by atoms with E-state index in [4.69, 9.17) is 5.73 Å². The lowest BCUT2D eigenvalue weighted by molar-refractivity contribution is 0.214. The summed E-state index contributed by atoms with van der Waals surface area (Å²) in [6.45, 7) is 10.4. The minimum absolute atomic E-state index is 0.0162. The van der Waals surface area contributed by atoms with E-state index < -0.39 is 0 Å². The van der Waals surface area contributed by atoms with E-state index >= 15 is 0 Å². The van der Waals surface area contributed by atoms with Gasteiger partial charge in [-0.15, -0.1) is 0 Å². The van der Waals surface area contributed by atoms with Gasteiger partial charge in [-0.2, -0.15) is 0 Å². The van der Waals surface area contributed by atoms with Crippen molar-refractivity contribution in [1.29, 1.82) is 0 Å². The summed E-state index contributed by atoms with van der Waals surface area (Å²) >= 11 is 0. The minimum atomic E-state index is 0.0162. The van der Waals surface area contributed by atoms with Gasteiger partial charge in [-0.1, -0.05) is 20.3 Å². The van der Waals surface area contributed by atoms with Crippen molar-refractivity contribution in [2.75, 3.05) is 19.6 Å². The van der Waals surface area contributed by atoms with Gasteiger partial charge in [0.2, 0.25) is 0 Å². The Labute approximate surface area is 95.2 Å². The smallest absolute Gasteiger partial charge is 0.0254 e. The van der Waals surface area contributed by atoms with Crippen LogP contribution in [-0.2, 0) is 0 Å². The van der Waals surface area contributed by atoms with Gasteiger partial charge in [0.05, 0.1) is 0 Å². The van der Waals surface area contributed by atoms with Crippen LogP contribution in [0.25, 0.3) is 0 Å². The summed E-state index contributed by atoms with van der Waals surface area (Å²) in [5.41, 5.74) is 6.32. The van der Waals surface area contributed by atoms with Crippen molar-refractivity contribution >= 4 is 0 Å². The van der Waals surface area contributed by atoms with E-state index in [2.05, 4.69) is 25.7 Å². The number of likely N-dealkylation sites (tertiary alicyclic amines) is 1. The lowest BCUT2D eigenvalue weighted by Crippen LogP contribution is -2.48. The first-order valence-corrected chi connectivity index (χ1v) is 6.55. The molecule has 0 bridgehead atoms. The summed E-state index contributed by atoms with van der Waals surface area (Å²) in [5.74, 6) is 0.908. The molecule has 0 aromatic heterocycles. The molecule has 1 saturated heterocycles. The van der Waals surface area contributed by atoms with Crippen molar-refractivity contribution in [2.45, 2.75) is 58.4 Å². The zero-order chi connectivity index (χ0) is 11.3. The molecule has 0 aromatic carbocycles. The lowest BCUT2D eigenvalue weighted by atomic mass is 9.97. The van der Waals surface area contributed by atoms with Gasteiger partial charge in [0.25, 0.3) is 0 Å². The van der Waals surface area contributed by atoms with E-state index in [0.717, 1.165) is 18.9 Å². The maximum Gasteiger partial charge on any atom is 0.0254 e. The number of rotatable bonds is 4. The van der Waals surface area contributed by atoms with Crippen molar-refractivity contribution in [3.63, 3.8) is 0 Å². The second-order valence-electron chi connectivity index (χ2n) is 5.72. The molecule has 0 amide bonds. The number of nitrogens with zero attached hydrogens (tertiary/aromatic N) is 1. The van der Waals surface area contributed by atoms with E-state index in [1.807, 2.05) is 0 Å². The summed E-state index contributed by atoms with van der Waals surface area (Å²) < 4.78 is 0. The van der Waals surface area contributed by atoms with Crippen LogP contribution >= 0.6 is 0 Å². The fourth-order valence-electron chi connectivity index (χ4n) is 2.64. The Morgan fingerprint density at radius 3 is 2.73 bits per heavy atom. The van der Waals surface area contributed by atoms with Crippen LogP contribution in [0.4, 0.5) is 0 Å². The Balaban J connectivity index is 2.36. The van der Waals surface area contributed by atoms with Crippen LogP contribution < -0.4 is 5.73 Å². The second-order valence-corrected chi connectivity index (χ2v) is 5.72. The Morgan fingerprint density at radius 2 is 2.07 bits per heavy atom. The Bertz CT molecular complexity index is 177. The number of hydrogen-bond acceptors (Lipinski definition) is 2. The van der Waals surface area contributed by atoms with Crippen molar-refractivity contribution in [1.82, 2.24) is 4.90 Å². The summed E-state index contributed by atoms with van der Waals surface area (Å²) in [4.78, 5) is 2.57. The van der Waals surface area contributed by atoms with Crippen LogP contribution in [0.15, 0.2) is 0 Å².